The molecule has 0 atom stereocenters. The molecule has 0 amide bonds. The van der Waals surface area contributed by atoms with Crippen molar-refractivity contribution in [2.75, 3.05) is 13.1 Å². The molecule has 18 heavy (non-hydrogen) atoms. The van der Waals surface area contributed by atoms with E-state index in [9.17, 15) is 0 Å². The average Bonchev–Trinajstić information content (AvgIpc) is 3.04. The molecule has 1 aliphatic rings. The summed E-state index contributed by atoms with van der Waals surface area (Å²) in [4.78, 5) is 8.64. The fourth-order valence-electron chi connectivity index (χ4n) is 2.21. The highest BCUT2D eigenvalue weighted by molar-refractivity contribution is 5.86. The second-order valence-corrected chi connectivity index (χ2v) is 4.36. The summed E-state index contributed by atoms with van der Waals surface area (Å²) in [7, 11) is 0. The molecule has 0 aliphatic carbocycles. The molecular formula is C14H15N3O. The first-order valence-corrected chi connectivity index (χ1v) is 6.10. The third-order valence-electron chi connectivity index (χ3n) is 3.21. The molecular weight excluding hydrogens is 226 g/mol. The van der Waals surface area contributed by atoms with Crippen LogP contribution in [0.15, 0.2) is 40.1 Å². The highest BCUT2D eigenvalue weighted by atomic mass is 16.3. The first-order chi connectivity index (χ1) is 8.84. The maximum absolute atomic E-state index is 5.37. The first-order valence-electron chi connectivity index (χ1n) is 6.10. The Morgan fingerprint density at radius 1 is 1.39 bits per heavy atom. The summed E-state index contributed by atoms with van der Waals surface area (Å²) < 4.78 is 5.37. The summed E-state index contributed by atoms with van der Waals surface area (Å²) in [6.07, 6.45) is 4.12. The fourth-order valence-corrected chi connectivity index (χ4v) is 2.21. The van der Waals surface area contributed by atoms with Crippen molar-refractivity contribution in [1.29, 1.82) is 0 Å². The van der Waals surface area contributed by atoms with E-state index >= 15 is 0 Å². The van der Waals surface area contributed by atoms with Gasteiger partial charge in [0, 0.05) is 18.5 Å². The molecule has 3 rings (SSSR count). The van der Waals surface area contributed by atoms with Crippen molar-refractivity contribution in [2.45, 2.75) is 13.3 Å². The van der Waals surface area contributed by atoms with Gasteiger partial charge in [-0.3, -0.25) is 4.99 Å². The topological polar surface area (TPSA) is 50.4 Å². The molecule has 0 radical (unpaired) electrons. The van der Waals surface area contributed by atoms with E-state index in [2.05, 4.69) is 28.3 Å². The van der Waals surface area contributed by atoms with Gasteiger partial charge in [-0.15, -0.1) is 0 Å². The van der Waals surface area contributed by atoms with Gasteiger partial charge in [0.25, 0.3) is 0 Å². The number of benzene rings is 1. The molecule has 2 heterocycles. The number of nitrogens with one attached hydrogen (secondary N) is 1. The van der Waals surface area contributed by atoms with E-state index in [0.717, 1.165) is 30.9 Å². The summed E-state index contributed by atoms with van der Waals surface area (Å²) in [5.74, 6) is 1.75. The number of rotatable bonds is 3. The van der Waals surface area contributed by atoms with Gasteiger partial charge in [-0.25, -0.2) is 4.98 Å². The Morgan fingerprint density at radius 3 is 3.06 bits per heavy atom. The third-order valence-corrected chi connectivity index (χ3v) is 3.21. The lowest BCUT2D eigenvalue weighted by Gasteiger charge is -2.09. The largest absolute Gasteiger partial charge is 0.445 e. The van der Waals surface area contributed by atoms with Crippen LogP contribution in [0.25, 0.3) is 11.5 Å². The van der Waals surface area contributed by atoms with Crippen molar-refractivity contribution in [3.8, 4) is 11.5 Å². The summed E-state index contributed by atoms with van der Waals surface area (Å²) in [6.45, 7) is 3.94. The molecule has 1 aromatic carbocycles. The van der Waals surface area contributed by atoms with Crippen molar-refractivity contribution in [1.82, 2.24) is 10.3 Å². The van der Waals surface area contributed by atoms with E-state index in [-0.39, 0.29) is 0 Å². The van der Waals surface area contributed by atoms with Gasteiger partial charge in [0.2, 0.25) is 5.89 Å². The van der Waals surface area contributed by atoms with E-state index in [1.54, 1.807) is 12.5 Å². The number of aliphatic imine (C=N–C) groups is 1. The summed E-state index contributed by atoms with van der Waals surface area (Å²) in [6, 6.07) is 6.20. The number of amidine groups is 1. The Hall–Kier alpha value is -2.10. The van der Waals surface area contributed by atoms with Crippen LogP contribution in [-0.2, 0) is 6.42 Å². The number of nitrogens with zero attached hydrogens (tertiary/aromatic N) is 2. The lowest BCUT2D eigenvalue weighted by molar-refractivity contribution is 0.574. The molecule has 1 N–H and O–H groups in total. The second kappa shape index (κ2) is 4.64. The van der Waals surface area contributed by atoms with E-state index in [1.807, 2.05) is 12.1 Å². The molecule has 1 aliphatic heterocycles. The minimum absolute atomic E-state index is 0.677. The number of hydrogen-bond donors (Lipinski definition) is 1. The maximum Gasteiger partial charge on any atom is 0.226 e. The van der Waals surface area contributed by atoms with Crippen LogP contribution in [0.3, 0.4) is 0 Å². The van der Waals surface area contributed by atoms with E-state index in [1.165, 1.54) is 11.1 Å². The number of hydrogen-bond acceptors (Lipinski definition) is 4. The highest BCUT2D eigenvalue weighted by Crippen LogP contribution is 2.24. The minimum atomic E-state index is 0.677. The zero-order valence-corrected chi connectivity index (χ0v) is 10.3. The van der Waals surface area contributed by atoms with Crippen LogP contribution in [-0.4, -0.2) is 23.9 Å². The van der Waals surface area contributed by atoms with Crippen LogP contribution in [0.1, 0.15) is 11.1 Å². The maximum atomic E-state index is 5.37. The van der Waals surface area contributed by atoms with Gasteiger partial charge in [0.1, 0.15) is 12.1 Å². The molecule has 0 saturated heterocycles. The van der Waals surface area contributed by atoms with Crippen molar-refractivity contribution in [3.05, 3.63) is 41.8 Å². The average molecular weight is 241 g/mol. The van der Waals surface area contributed by atoms with Gasteiger partial charge in [-0.1, -0.05) is 12.1 Å². The Bertz CT molecular complexity index is 573. The Kier molecular flexibility index (Phi) is 2.84. The zero-order chi connectivity index (χ0) is 12.4. The van der Waals surface area contributed by atoms with Gasteiger partial charge in [-0.2, -0.15) is 0 Å². The summed E-state index contributed by atoms with van der Waals surface area (Å²) >= 11 is 0. The molecule has 0 fully saturated rings. The van der Waals surface area contributed by atoms with Crippen molar-refractivity contribution in [3.63, 3.8) is 0 Å². The van der Waals surface area contributed by atoms with Gasteiger partial charge < -0.3 is 9.73 Å². The normalized spacial score (nSPS) is 14.4. The van der Waals surface area contributed by atoms with E-state index < -0.39 is 0 Å². The quantitative estimate of drug-likeness (QED) is 0.896. The van der Waals surface area contributed by atoms with Gasteiger partial charge >= 0.3 is 0 Å². The molecule has 0 saturated carbocycles. The van der Waals surface area contributed by atoms with Crippen LogP contribution < -0.4 is 5.32 Å². The minimum Gasteiger partial charge on any atom is -0.445 e. The van der Waals surface area contributed by atoms with Crippen LogP contribution in [0.5, 0.6) is 0 Å². The molecule has 92 valence electrons. The smallest absolute Gasteiger partial charge is 0.226 e. The number of oxazole rings is 1. The summed E-state index contributed by atoms with van der Waals surface area (Å²) in [5, 5.41) is 3.30. The Labute approximate surface area is 106 Å². The monoisotopic (exact) mass is 241 g/mol. The Balaban J connectivity index is 1.94. The van der Waals surface area contributed by atoms with Crippen LogP contribution in [0, 0.1) is 6.92 Å². The van der Waals surface area contributed by atoms with E-state index in [4.69, 9.17) is 4.42 Å². The van der Waals surface area contributed by atoms with Crippen LogP contribution >= 0.6 is 0 Å². The molecule has 4 heteroatoms. The molecule has 2 aromatic rings. The fraction of sp³-hybridized carbons (Fsp3) is 0.286. The predicted octanol–water partition coefficient (Wildman–Crippen LogP) is 2.19. The zero-order valence-electron chi connectivity index (χ0n) is 10.3. The van der Waals surface area contributed by atoms with E-state index in [0.29, 0.717) is 5.89 Å². The molecule has 0 unspecified atom stereocenters. The van der Waals surface area contributed by atoms with Gasteiger partial charge in [0.05, 0.1) is 12.7 Å². The van der Waals surface area contributed by atoms with Crippen LogP contribution in [0.4, 0.5) is 0 Å². The van der Waals surface area contributed by atoms with Crippen molar-refractivity contribution < 1.29 is 4.42 Å². The first kappa shape index (κ1) is 11.0. The third kappa shape index (κ3) is 2.01. The molecule has 4 nitrogen and oxygen atoms in total. The standard InChI is InChI=1S/C14H15N3O/c1-10-11(9-13-15-5-6-16-13)3-2-4-12(10)14-17-7-8-18-14/h2-4,7-8H,5-6,9H2,1H3,(H,15,16). The lowest BCUT2D eigenvalue weighted by Crippen LogP contribution is -2.20. The predicted molar refractivity (Wildman–Crippen MR) is 70.7 cm³/mol. The summed E-state index contributed by atoms with van der Waals surface area (Å²) in [5.41, 5.74) is 3.52. The molecule has 0 bridgehead atoms. The van der Waals surface area contributed by atoms with Crippen LogP contribution in [0.2, 0.25) is 0 Å². The lowest BCUT2D eigenvalue weighted by atomic mass is 9.99. The molecule has 0 spiro atoms. The highest BCUT2D eigenvalue weighted by Gasteiger charge is 2.12. The molecule has 1 aromatic heterocycles. The van der Waals surface area contributed by atoms with Gasteiger partial charge in [-0.05, 0) is 24.1 Å². The second-order valence-electron chi connectivity index (χ2n) is 4.36. The Morgan fingerprint density at radius 2 is 2.33 bits per heavy atom. The number of aromatic nitrogens is 1. The SMILES string of the molecule is Cc1c(CC2=NCCN2)cccc1-c1ncco1. The van der Waals surface area contributed by atoms with Crippen molar-refractivity contribution in [2.24, 2.45) is 4.99 Å². The van der Waals surface area contributed by atoms with Crippen molar-refractivity contribution >= 4 is 5.84 Å². The van der Waals surface area contributed by atoms with Gasteiger partial charge in [0.15, 0.2) is 0 Å².